The maximum atomic E-state index is 11.7. The van der Waals surface area contributed by atoms with Crippen LogP contribution in [0.15, 0.2) is 41.2 Å². The molecule has 1 N–H and O–H groups in total. The van der Waals surface area contributed by atoms with Crippen LogP contribution in [0.3, 0.4) is 0 Å². The maximum absolute atomic E-state index is 11.7. The van der Waals surface area contributed by atoms with Crippen molar-refractivity contribution in [1.29, 1.82) is 0 Å². The van der Waals surface area contributed by atoms with E-state index in [0.29, 0.717) is 6.54 Å². The summed E-state index contributed by atoms with van der Waals surface area (Å²) in [6.07, 6.45) is 0.869. The Morgan fingerprint density at radius 3 is 2.88 bits per heavy atom. The molecule has 3 nitrogen and oxygen atoms in total. The van der Waals surface area contributed by atoms with Crippen molar-refractivity contribution in [2.24, 2.45) is 0 Å². The lowest BCUT2D eigenvalue weighted by Crippen LogP contribution is -2.25. The monoisotopic (exact) mass is 213 g/mol. The quantitative estimate of drug-likeness (QED) is 0.724. The zero-order valence-electron chi connectivity index (χ0n) is 8.68. The molecule has 1 aromatic carbocycles. The number of aromatic nitrogens is 1. The van der Waals surface area contributed by atoms with Gasteiger partial charge in [-0.2, -0.15) is 0 Å². The minimum absolute atomic E-state index is 0.0351. The predicted octanol–water partition coefficient (Wildman–Crippen LogP) is 1.78. The van der Waals surface area contributed by atoms with Gasteiger partial charge in [0, 0.05) is 24.2 Å². The van der Waals surface area contributed by atoms with Crippen LogP contribution in [0, 0.1) is 0 Å². The Morgan fingerprint density at radius 2 is 2.00 bits per heavy atom. The van der Waals surface area contributed by atoms with Crippen molar-refractivity contribution in [3.63, 3.8) is 0 Å². The third-order valence-electron chi connectivity index (χ3n) is 3.01. The zero-order chi connectivity index (χ0) is 11.1. The summed E-state index contributed by atoms with van der Waals surface area (Å²) in [6.45, 7) is 0.686. The summed E-state index contributed by atoms with van der Waals surface area (Å²) >= 11 is 0. The molecule has 1 aliphatic heterocycles. The smallest absolute Gasteiger partial charge is 0.254 e. The van der Waals surface area contributed by atoms with Crippen LogP contribution in [0.4, 0.5) is 0 Å². The van der Waals surface area contributed by atoms with Crippen molar-refractivity contribution in [3.05, 3.63) is 52.3 Å². The third-order valence-corrected chi connectivity index (χ3v) is 3.01. The fourth-order valence-corrected chi connectivity index (χ4v) is 2.26. The van der Waals surface area contributed by atoms with E-state index < -0.39 is 0 Å². The first-order valence-electron chi connectivity index (χ1n) is 5.28. The van der Waals surface area contributed by atoms with Gasteiger partial charge in [0.05, 0.1) is 5.69 Å². The summed E-state index contributed by atoms with van der Waals surface area (Å²) in [5.74, 6) is 0.0351. The van der Waals surface area contributed by atoms with E-state index in [9.17, 15) is 9.90 Å². The molecule has 2 heterocycles. The van der Waals surface area contributed by atoms with Gasteiger partial charge in [0.25, 0.3) is 5.56 Å². The number of hydrogen-bond acceptors (Lipinski definition) is 2. The Morgan fingerprint density at radius 1 is 1.19 bits per heavy atom. The summed E-state index contributed by atoms with van der Waals surface area (Å²) in [6, 6.07) is 10.9. The van der Waals surface area contributed by atoms with Crippen molar-refractivity contribution in [3.8, 4) is 17.0 Å². The summed E-state index contributed by atoms with van der Waals surface area (Å²) in [7, 11) is 0. The van der Waals surface area contributed by atoms with Gasteiger partial charge >= 0.3 is 0 Å². The van der Waals surface area contributed by atoms with Crippen LogP contribution in [-0.4, -0.2) is 9.67 Å². The van der Waals surface area contributed by atoms with E-state index in [4.69, 9.17) is 0 Å². The molecule has 0 bridgehead atoms. The fourth-order valence-electron chi connectivity index (χ4n) is 2.26. The van der Waals surface area contributed by atoms with E-state index >= 15 is 0 Å². The number of fused-ring (bicyclic) bond motifs is 3. The van der Waals surface area contributed by atoms with Crippen molar-refractivity contribution in [2.45, 2.75) is 13.0 Å². The second-order valence-corrected chi connectivity index (χ2v) is 4.00. The molecule has 0 spiro atoms. The Balaban J connectivity index is 2.36. The lowest BCUT2D eigenvalue weighted by Gasteiger charge is -2.21. The lowest BCUT2D eigenvalue weighted by molar-refractivity contribution is 0.470. The first-order valence-corrected chi connectivity index (χ1v) is 5.28. The maximum Gasteiger partial charge on any atom is 0.254 e. The fraction of sp³-hybridized carbons (Fsp3) is 0.154. The van der Waals surface area contributed by atoms with Gasteiger partial charge in [-0.3, -0.25) is 4.79 Å². The van der Waals surface area contributed by atoms with Crippen molar-refractivity contribution in [1.82, 2.24) is 4.57 Å². The molecule has 16 heavy (non-hydrogen) atoms. The largest absolute Gasteiger partial charge is 0.508 e. The molecule has 1 aromatic heterocycles. The van der Waals surface area contributed by atoms with Crippen LogP contribution < -0.4 is 5.56 Å². The van der Waals surface area contributed by atoms with Crippen LogP contribution in [-0.2, 0) is 13.0 Å². The van der Waals surface area contributed by atoms with Crippen LogP contribution in [0.1, 0.15) is 5.56 Å². The van der Waals surface area contributed by atoms with Crippen molar-refractivity contribution < 1.29 is 5.11 Å². The number of nitrogens with zero attached hydrogens (tertiary/aromatic N) is 1. The number of hydrogen-bond donors (Lipinski definition) is 1. The molecule has 0 amide bonds. The molecule has 0 unspecified atom stereocenters. The van der Waals surface area contributed by atoms with Gasteiger partial charge in [-0.15, -0.1) is 0 Å². The second kappa shape index (κ2) is 3.23. The van der Waals surface area contributed by atoms with Crippen molar-refractivity contribution in [2.75, 3.05) is 0 Å². The Hall–Kier alpha value is -2.03. The molecule has 3 heteroatoms. The highest BCUT2D eigenvalue weighted by Gasteiger charge is 2.16. The first kappa shape index (κ1) is 9.21. The summed E-state index contributed by atoms with van der Waals surface area (Å²) in [5, 5.41) is 9.48. The van der Waals surface area contributed by atoms with Gasteiger partial charge in [-0.05, 0) is 12.0 Å². The van der Waals surface area contributed by atoms with Gasteiger partial charge < -0.3 is 9.67 Å². The van der Waals surface area contributed by atoms with E-state index in [1.807, 2.05) is 18.2 Å². The van der Waals surface area contributed by atoms with Crippen LogP contribution in [0.2, 0.25) is 0 Å². The molecule has 3 rings (SSSR count). The van der Waals surface area contributed by atoms with Gasteiger partial charge in [0.2, 0.25) is 0 Å². The number of benzene rings is 1. The minimum atomic E-state index is -0.135. The average molecular weight is 213 g/mol. The molecule has 0 aliphatic carbocycles. The summed E-state index contributed by atoms with van der Waals surface area (Å²) in [5.41, 5.74) is 2.95. The SMILES string of the molecule is O=c1cc(O)cc2n1CCc1ccccc1-2. The Kier molecular flexibility index (Phi) is 1.86. The van der Waals surface area contributed by atoms with E-state index in [-0.39, 0.29) is 11.3 Å². The van der Waals surface area contributed by atoms with Gasteiger partial charge in [0.15, 0.2) is 0 Å². The standard InChI is InChI=1S/C13H11NO2/c15-10-7-12-11-4-2-1-3-9(11)5-6-14(12)13(16)8-10/h1-4,7-8,15H,5-6H2. The zero-order valence-corrected chi connectivity index (χ0v) is 8.68. The van der Waals surface area contributed by atoms with Crippen LogP contribution in [0.25, 0.3) is 11.3 Å². The first-order chi connectivity index (χ1) is 7.75. The lowest BCUT2D eigenvalue weighted by atomic mass is 9.97. The van der Waals surface area contributed by atoms with E-state index in [0.717, 1.165) is 17.7 Å². The Bertz CT molecular complexity index is 614. The number of aromatic hydroxyl groups is 1. The minimum Gasteiger partial charge on any atom is -0.508 e. The molecule has 1 aliphatic rings. The van der Waals surface area contributed by atoms with Gasteiger partial charge in [-0.25, -0.2) is 0 Å². The molecule has 0 fully saturated rings. The van der Waals surface area contributed by atoms with Crippen LogP contribution >= 0.6 is 0 Å². The average Bonchev–Trinajstić information content (AvgIpc) is 2.28. The highest BCUT2D eigenvalue weighted by Crippen LogP contribution is 2.29. The second-order valence-electron chi connectivity index (χ2n) is 4.00. The Labute approximate surface area is 92.6 Å². The summed E-state index contributed by atoms with van der Waals surface area (Å²) in [4.78, 5) is 11.7. The van der Waals surface area contributed by atoms with E-state index in [2.05, 4.69) is 6.07 Å². The number of rotatable bonds is 0. The topological polar surface area (TPSA) is 42.2 Å². The van der Waals surface area contributed by atoms with Gasteiger partial charge in [-0.1, -0.05) is 24.3 Å². The van der Waals surface area contributed by atoms with E-state index in [1.165, 1.54) is 11.6 Å². The van der Waals surface area contributed by atoms with Gasteiger partial charge in [0.1, 0.15) is 5.75 Å². The molecule has 80 valence electrons. The molecular weight excluding hydrogens is 202 g/mol. The third kappa shape index (κ3) is 1.25. The highest BCUT2D eigenvalue weighted by molar-refractivity contribution is 5.66. The van der Waals surface area contributed by atoms with Crippen LogP contribution in [0.5, 0.6) is 5.75 Å². The molecule has 0 atom stereocenters. The molecule has 0 saturated heterocycles. The molecular formula is C13H11NO2. The molecule has 0 radical (unpaired) electrons. The number of aryl methyl sites for hydroxylation is 1. The van der Waals surface area contributed by atoms with E-state index in [1.54, 1.807) is 10.6 Å². The predicted molar refractivity (Wildman–Crippen MR) is 61.5 cm³/mol. The molecule has 2 aromatic rings. The van der Waals surface area contributed by atoms with Crippen molar-refractivity contribution >= 4 is 0 Å². The normalized spacial score (nSPS) is 13.0. The highest BCUT2D eigenvalue weighted by atomic mass is 16.3. The number of pyridine rings is 1. The summed E-state index contributed by atoms with van der Waals surface area (Å²) < 4.78 is 1.71. The molecule has 0 saturated carbocycles.